The fourth-order valence-corrected chi connectivity index (χ4v) is 2.98. The van der Waals surface area contributed by atoms with E-state index in [2.05, 4.69) is 5.32 Å². The molecule has 1 atom stereocenters. The number of rotatable bonds is 5. The van der Waals surface area contributed by atoms with Gasteiger partial charge in [0.25, 0.3) is 5.91 Å². The number of nitrogens with zero attached hydrogens (tertiary/aromatic N) is 1. The Balaban J connectivity index is 1.83. The third-order valence-electron chi connectivity index (χ3n) is 4.41. The van der Waals surface area contributed by atoms with Crippen LogP contribution in [0.4, 0.5) is 0 Å². The third-order valence-corrected chi connectivity index (χ3v) is 4.41. The summed E-state index contributed by atoms with van der Waals surface area (Å²) in [6, 6.07) is 19.2. The van der Waals surface area contributed by atoms with Gasteiger partial charge in [-0.05, 0) is 40.6 Å². The number of carbonyl (C=O) groups excluding carboxylic acids is 2. The van der Waals surface area contributed by atoms with Crippen molar-refractivity contribution in [1.29, 1.82) is 0 Å². The van der Waals surface area contributed by atoms with E-state index in [1.807, 2.05) is 30.3 Å². The van der Waals surface area contributed by atoms with Crippen molar-refractivity contribution in [3.8, 4) is 5.75 Å². The first-order valence-corrected chi connectivity index (χ1v) is 8.73. The molecule has 27 heavy (non-hydrogen) atoms. The number of likely N-dealkylation sites (N-methyl/N-ethyl adjacent to an activating group) is 1. The number of amides is 2. The van der Waals surface area contributed by atoms with Crippen molar-refractivity contribution in [1.82, 2.24) is 10.2 Å². The smallest absolute Gasteiger partial charge is 0.251 e. The lowest BCUT2D eigenvalue weighted by Gasteiger charge is -2.22. The van der Waals surface area contributed by atoms with E-state index in [0.717, 1.165) is 16.3 Å². The number of hydrogen-bond donors (Lipinski definition) is 2. The van der Waals surface area contributed by atoms with Crippen LogP contribution in [0.15, 0.2) is 66.7 Å². The van der Waals surface area contributed by atoms with Crippen molar-refractivity contribution in [2.45, 2.75) is 12.5 Å². The van der Waals surface area contributed by atoms with Gasteiger partial charge in [-0.25, -0.2) is 0 Å². The van der Waals surface area contributed by atoms with Gasteiger partial charge in [0.1, 0.15) is 11.8 Å². The Labute approximate surface area is 158 Å². The maximum Gasteiger partial charge on any atom is 0.251 e. The van der Waals surface area contributed by atoms with Crippen molar-refractivity contribution in [2.24, 2.45) is 0 Å². The predicted octanol–water partition coefficient (Wildman–Crippen LogP) is 2.97. The van der Waals surface area contributed by atoms with Gasteiger partial charge in [-0.15, -0.1) is 0 Å². The zero-order valence-electron chi connectivity index (χ0n) is 15.3. The Hall–Kier alpha value is -3.34. The molecule has 0 spiro atoms. The SMILES string of the molecule is CN(C)C(=O)[C@@H](Cc1ccccc1)NC(=O)c1ccc2cc(O)ccc2c1. The number of phenols is 1. The summed E-state index contributed by atoms with van der Waals surface area (Å²) in [5, 5.41) is 14.1. The van der Waals surface area contributed by atoms with Crippen LogP contribution in [0.1, 0.15) is 15.9 Å². The fraction of sp³-hybridized carbons (Fsp3) is 0.182. The molecule has 0 saturated carbocycles. The Morgan fingerprint density at radius 3 is 2.33 bits per heavy atom. The number of phenolic OH excluding ortho intramolecular Hbond substituents is 1. The fourth-order valence-electron chi connectivity index (χ4n) is 2.98. The largest absolute Gasteiger partial charge is 0.508 e. The minimum atomic E-state index is -0.648. The van der Waals surface area contributed by atoms with E-state index < -0.39 is 6.04 Å². The number of fused-ring (bicyclic) bond motifs is 1. The Morgan fingerprint density at radius 1 is 0.963 bits per heavy atom. The molecule has 0 aliphatic carbocycles. The molecule has 0 aliphatic heterocycles. The van der Waals surface area contributed by atoms with Crippen LogP contribution in [0.3, 0.4) is 0 Å². The van der Waals surface area contributed by atoms with Crippen molar-refractivity contribution >= 4 is 22.6 Å². The maximum absolute atomic E-state index is 12.8. The molecule has 0 aliphatic rings. The number of carbonyl (C=O) groups is 2. The number of aromatic hydroxyl groups is 1. The van der Waals surface area contributed by atoms with Crippen LogP contribution < -0.4 is 5.32 Å². The molecule has 3 rings (SSSR count). The van der Waals surface area contributed by atoms with Gasteiger partial charge in [0.2, 0.25) is 5.91 Å². The lowest BCUT2D eigenvalue weighted by atomic mass is 10.0. The third kappa shape index (κ3) is 4.44. The van der Waals surface area contributed by atoms with Crippen LogP contribution >= 0.6 is 0 Å². The Kier molecular flexibility index (Phi) is 5.41. The topological polar surface area (TPSA) is 69.6 Å². The highest BCUT2D eigenvalue weighted by atomic mass is 16.3. The van der Waals surface area contributed by atoms with Gasteiger partial charge in [-0.2, -0.15) is 0 Å². The van der Waals surface area contributed by atoms with Gasteiger partial charge in [-0.1, -0.05) is 42.5 Å². The quantitative estimate of drug-likeness (QED) is 0.733. The minimum absolute atomic E-state index is 0.155. The Morgan fingerprint density at radius 2 is 1.63 bits per heavy atom. The van der Waals surface area contributed by atoms with E-state index >= 15 is 0 Å². The monoisotopic (exact) mass is 362 g/mol. The van der Waals surface area contributed by atoms with Crippen molar-refractivity contribution in [3.63, 3.8) is 0 Å². The van der Waals surface area contributed by atoms with Crippen LogP contribution in [0.5, 0.6) is 5.75 Å². The van der Waals surface area contributed by atoms with Crippen molar-refractivity contribution < 1.29 is 14.7 Å². The number of benzene rings is 3. The predicted molar refractivity (Wildman–Crippen MR) is 106 cm³/mol. The number of nitrogens with one attached hydrogen (secondary N) is 1. The van der Waals surface area contributed by atoms with Crippen LogP contribution in [0, 0.1) is 0 Å². The van der Waals surface area contributed by atoms with Gasteiger partial charge in [0.05, 0.1) is 0 Å². The van der Waals surface area contributed by atoms with E-state index in [-0.39, 0.29) is 17.6 Å². The molecule has 3 aromatic carbocycles. The van der Waals surface area contributed by atoms with Crippen LogP contribution in [0.25, 0.3) is 10.8 Å². The van der Waals surface area contributed by atoms with E-state index in [1.54, 1.807) is 50.5 Å². The van der Waals surface area contributed by atoms with Gasteiger partial charge in [-0.3, -0.25) is 9.59 Å². The van der Waals surface area contributed by atoms with E-state index in [1.165, 1.54) is 4.90 Å². The molecule has 5 nitrogen and oxygen atoms in total. The van der Waals surface area contributed by atoms with Crippen molar-refractivity contribution in [2.75, 3.05) is 14.1 Å². The summed E-state index contributed by atoms with van der Waals surface area (Å²) >= 11 is 0. The molecule has 0 aromatic heterocycles. The maximum atomic E-state index is 12.8. The summed E-state index contributed by atoms with van der Waals surface area (Å²) in [5.41, 5.74) is 1.45. The molecule has 2 amide bonds. The lowest BCUT2D eigenvalue weighted by Crippen LogP contribution is -2.47. The molecule has 0 unspecified atom stereocenters. The first-order chi connectivity index (χ1) is 12.9. The highest BCUT2D eigenvalue weighted by Gasteiger charge is 2.23. The molecule has 3 aromatic rings. The first kappa shape index (κ1) is 18.5. The molecule has 5 heteroatoms. The first-order valence-electron chi connectivity index (χ1n) is 8.73. The molecule has 0 heterocycles. The second-order valence-corrected chi connectivity index (χ2v) is 6.69. The summed E-state index contributed by atoms with van der Waals surface area (Å²) in [5.74, 6) is -0.279. The van der Waals surface area contributed by atoms with E-state index in [4.69, 9.17) is 0 Å². The number of hydrogen-bond acceptors (Lipinski definition) is 3. The van der Waals surface area contributed by atoms with Gasteiger partial charge in [0, 0.05) is 26.1 Å². The zero-order chi connectivity index (χ0) is 19.4. The summed E-state index contributed by atoms with van der Waals surface area (Å²) < 4.78 is 0. The highest BCUT2D eigenvalue weighted by Crippen LogP contribution is 2.21. The normalized spacial score (nSPS) is 11.8. The molecular weight excluding hydrogens is 340 g/mol. The van der Waals surface area contributed by atoms with Gasteiger partial charge < -0.3 is 15.3 Å². The molecule has 0 saturated heterocycles. The molecule has 0 radical (unpaired) electrons. The average molecular weight is 362 g/mol. The summed E-state index contributed by atoms with van der Waals surface area (Å²) in [6.45, 7) is 0. The molecule has 138 valence electrons. The lowest BCUT2D eigenvalue weighted by molar-refractivity contribution is -0.130. The molecule has 0 bridgehead atoms. The van der Waals surface area contributed by atoms with Crippen LogP contribution in [0.2, 0.25) is 0 Å². The summed E-state index contributed by atoms with van der Waals surface area (Å²) in [7, 11) is 3.35. The molecule has 2 N–H and O–H groups in total. The second kappa shape index (κ2) is 7.91. The van der Waals surface area contributed by atoms with Gasteiger partial charge in [0.15, 0.2) is 0 Å². The van der Waals surface area contributed by atoms with Gasteiger partial charge >= 0.3 is 0 Å². The van der Waals surface area contributed by atoms with Crippen LogP contribution in [-0.4, -0.2) is 42.0 Å². The Bertz CT molecular complexity index is 968. The summed E-state index contributed by atoms with van der Waals surface area (Å²) in [6.07, 6.45) is 0.422. The minimum Gasteiger partial charge on any atom is -0.508 e. The standard InChI is InChI=1S/C22H22N2O3/c1-24(2)22(27)20(12-15-6-4-3-5-7-15)23-21(26)18-9-8-17-14-19(25)11-10-16(17)13-18/h3-11,13-14,20,25H,12H2,1-2H3,(H,23,26)/t20-/m1/s1. The molecular formula is C22H22N2O3. The zero-order valence-corrected chi connectivity index (χ0v) is 15.3. The highest BCUT2D eigenvalue weighted by molar-refractivity contribution is 6.00. The average Bonchev–Trinajstić information content (AvgIpc) is 2.67. The van der Waals surface area contributed by atoms with Crippen LogP contribution in [-0.2, 0) is 11.2 Å². The van der Waals surface area contributed by atoms with E-state index in [0.29, 0.717) is 12.0 Å². The summed E-state index contributed by atoms with van der Waals surface area (Å²) in [4.78, 5) is 26.8. The van der Waals surface area contributed by atoms with E-state index in [9.17, 15) is 14.7 Å². The molecule has 0 fully saturated rings. The second-order valence-electron chi connectivity index (χ2n) is 6.69. The van der Waals surface area contributed by atoms with Crippen molar-refractivity contribution in [3.05, 3.63) is 77.9 Å².